The molecule has 0 aromatic heterocycles. The minimum atomic E-state index is -0.308. The summed E-state index contributed by atoms with van der Waals surface area (Å²) in [4.78, 5) is 0. The van der Waals surface area contributed by atoms with Crippen LogP contribution in [0.1, 0.15) is 22.7 Å². The van der Waals surface area contributed by atoms with Gasteiger partial charge in [0, 0.05) is 0 Å². The Morgan fingerprint density at radius 3 is 2.42 bits per heavy atom. The quantitative estimate of drug-likeness (QED) is 0.884. The van der Waals surface area contributed by atoms with Crippen LogP contribution in [-0.2, 0) is 0 Å². The smallest absolute Gasteiger partial charge is 0.137 e. The molecule has 0 aliphatic rings. The van der Waals surface area contributed by atoms with Crippen LogP contribution >= 0.6 is 15.9 Å². The van der Waals surface area contributed by atoms with Crippen LogP contribution in [0.5, 0.6) is 0 Å². The first-order valence-electron chi connectivity index (χ1n) is 5.91. The summed E-state index contributed by atoms with van der Waals surface area (Å²) >= 11 is 3.14. The van der Waals surface area contributed by atoms with Gasteiger partial charge in [0.05, 0.1) is 10.5 Å². The maximum Gasteiger partial charge on any atom is 0.137 e. The summed E-state index contributed by atoms with van der Waals surface area (Å²) in [6.45, 7) is 1.85. The highest BCUT2D eigenvalue weighted by molar-refractivity contribution is 9.10. The summed E-state index contributed by atoms with van der Waals surface area (Å²) in [6, 6.07) is 9.46. The minimum Gasteiger partial charge on any atom is -0.309 e. The Bertz CT molecular complexity index is 599. The first kappa shape index (κ1) is 14.2. The van der Waals surface area contributed by atoms with Gasteiger partial charge in [-0.3, -0.25) is 0 Å². The molecule has 2 aromatic carbocycles. The SMILES string of the molecule is CNC(c1ccc(Br)c(F)c1)c1ccc(F)cc1C. The lowest BCUT2D eigenvalue weighted by Crippen LogP contribution is -2.19. The van der Waals surface area contributed by atoms with E-state index in [-0.39, 0.29) is 17.7 Å². The zero-order valence-electron chi connectivity index (χ0n) is 10.7. The van der Waals surface area contributed by atoms with Crippen LogP contribution in [0.4, 0.5) is 8.78 Å². The van der Waals surface area contributed by atoms with E-state index in [9.17, 15) is 8.78 Å². The molecule has 2 aromatic rings. The van der Waals surface area contributed by atoms with Crippen molar-refractivity contribution in [3.8, 4) is 0 Å². The number of nitrogens with one attached hydrogen (secondary N) is 1. The van der Waals surface area contributed by atoms with Crippen LogP contribution in [0.2, 0.25) is 0 Å². The van der Waals surface area contributed by atoms with Gasteiger partial charge in [-0.05, 0) is 70.9 Å². The van der Waals surface area contributed by atoms with Crippen molar-refractivity contribution >= 4 is 15.9 Å². The van der Waals surface area contributed by atoms with E-state index in [0.29, 0.717) is 4.47 Å². The van der Waals surface area contributed by atoms with Gasteiger partial charge in [0.2, 0.25) is 0 Å². The van der Waals surface area contributed by atoms with Crippen molar-refractivity contribution in [2.75, 3.05) is 7.05 Å². The second kappa shape index (κ2) is 5.80. The van der Waals surface area contributed by atoms with Gasteiger partial charge in [-0.2, -0.15) is 0 Å². The van der Waals surface area contributed by atoms with Crippen LogP contribution in [0.3, 0.4) is 0 Å². The molecule has 0 radical (unpaired) electrons. The van der Waals surface area contributed by atoms with E-state index in [0.717, 1.165) is 16.7 Å². The second-order valence-corrected chi connectivity index (χ2v) is 5.25. The van der Waals surface area contributed by atoms with Crippen LogP contribution in [0.25, 0.3) is 0 Å². The second-order valence-electron chi connectivity index (χ2n) is 4.40. The molecule has 0 spiro atoms. The van der Waals surface area contributed by atoms with Gasteiger partial charge in [-0.25, -0.2) is 8.78 Å². The summed E-state index contributed by atoms with van der Waals surface area (Å²) in [5.41, 5.74) is 2.58. The van der Waals surface area contributed by atoms with Crippen molar-refractivity contribution in [1.29, 1.82) is 0 Å². The third-order valence-corrected chi connectivity index (χ3v) is 3.75. The van der Waals surface area contributed by atoms with Gasteiger partial charge in [0.1, 0.15) is 11.6 Å². The maximum absolute atomic E-state index is 13.6. The molecule has 2 rings (SSSR count). The molecule has 0 saturated carbocycles. The van der Waals surface area contributed by atoms with Crippen molar-refractivity contribution in [3.05, 3.63) is 69.2 Å². The molecule has 0 bridgehead atoms. The third-order valence-electron chi connectivity index (χ3n) is 3.11. The molecule has 1 unspecified atom stereocenters. The Morgan fingerprint density at radius 1 is 1.11 bits per heavy atom. The van der Waals surface area contributed by atoms with Crippen molar-refractivity contribution in [2.24, 2.45) is 0 Å². The highest BCUT2D eigenvalue weighted by atomic mass is 79.9. The normalized spacial score (nSPS) is 12.5. The molecule has 0 fully saturated rings. The Balaban J connectivity index is 2.46. The number of benzene rings is 2. The molecule has 4 heteroatoms. The summed E-state index contributed by atoms with van der Waals surface area (Å²) < 4.78 is 27.2. The van der Waals surface area contributed by atoms with Gasteiger partial charge in [-0.1, -0.05) is 12.1 Å². The number of halogens is 3. The lowest BCUT2D eigenvalue weighted by atomic mass is 9.95. The largest absolute Gasteiger partial charge is 0.309 e. The van der Waals surface area contributed by atoms with Crippen molar-refractivity contribution in [3.63, 3.8) is 0 Å². The standard InChI is InChI=1S/C15H14BrF2N/c1-9-7-11(17)4-5-12(9)15(19-2)10-3-6-13(16)14(18)8-10/h3-8,15,19H,1-2H3. The Labute approximate surface area is 119 Å². The molecular formula is C15H14BrF2N. The molecule has 0 amide bonds. The monoisotopic (exact) mass is 325 g/mol. The van der Waals surface area contributed by atoms with Gasteiger partial charge in [0.25, 0.3) is 0 Å². The number of aryl methyl sites for hydroxylation is 1. The Kier molecular flexibility index (Phi) is 4.32. The first-order valence-corrected chi connectivity index (χ1v) is 6.70. The Morgan fingerprint density at radius 2 is 1.84 bits per heavy atom. The molecular weight excluding hydrogens is 312 g/mol. The molecule has 1 atom stereocenters. The number of hydrogen-bond acceptors (Lipinski definition) is 1. The molecule has 0 heterocycles. The van der Waals surface area contributed by atoms with E-state index in [1.54, 1.807) is 19.2 Å². The molecule has 0 aliphatic heterocycles. The van der Waals surface area contributed by atoms with Crippen LogP contribution in [0.15, 0.2) is 40.9 Å². The molecule has 1 N–H and O–H groups in total. The molecule has 0 aliphatic carbocycles. The molecule has 100 valence electrons. The highest BCUT2D eigenvalue weighted by Crippen LogP contribution is 2.27. The third kappa shape index (κ3) is 3.01. The van der Waals surface area contributed by atoms with Gasteiger partial charge >= 0.3 is 0 Å². The van der Waals surface area contributed by atoms with Gasteiger partial charge in [0.15, 0.2) is 0 Å². The fraction of sp³-hybridized carbons (Fsp3) is 0.200. The predicted molar refractivity (Wildman–Crippen MR) is 76.1 cm³/mol. The highest BCUT2D eigenvalue weighted by Gasteiger charge is 2.16. The zero-order chi connectivity index (χ0) is 14.0. The van der Waals surface area contributed by atoms with E-state index >= 15 is 0 Å². The fourth-order valence-corrected chi connectivity index (χ4v) is 2.40. The van der Waals surface area contributed by atoms with E-state index in [1.165, 1.54) is 18.2 Å². The average molecular weight is 326 g/mol. The van der Waals surface area contributed by atoms with Crippen molar-refractivity contribution in [2.45, 2.75) is 13.0 Å². The van der Waals surface area contributed by atoms with Crippen molar-refractivity contribution < 1.29 is 8.78 Å². The maximum atomic E-state index is 13.6. The zero-order valence-corrected chi connectivity index (χ0v) is 12.3. The van der Waals surface area contributed by atoms with E-state index < -0.39 is 0 Å². The Hall–Kier alpha value is -1.26. The average Bonchev–Trinajstić information content (AvgIpc) is 2.37. The van der Waals surface area contributed by atoms with E-state index in [2.05, 4.69) is 21.2 Å². The van der Waals surface area contributed by atoms with Crippen LogP contribution in [-0.4, -0.2) is 7.05 Å². The summed E-state index contributed by atoms with van der Waals surface area (Å²) in [5, 5.41) is 3.14. The minimum absolute atomic E-state index is 0.164. The van der Waals surface area contributed by atoms with Crippen molar-refractivity contribution in [1.82, 2.24) is 5.32 Å². The topological polar surface area (TPSA) is 12.0 Å². The molecule has 0 saturated heterocycles. The molecule has 19 heavy (non-hydrogen) atoms. The van der Waals surface area contributed by atoms with Gasteiger partial charge in [-0.15, -0.1) is 0 Å². The number of rotatable bonds is 3. The first-order chi connectivity index (χ1) is 9.02. The lowest BCUT2D eigenvalue weighted by molar-refractivity contribution is 0.607. The summed E-state index contributed by atoms with van der Waals surface area (Å²) in [5.74, 6) is -0.574. The summed E-state index contributed by atoms with van der Waals surface area (Å²) in [7, 11) is 1.80. The fourth-order valence-electron chi connectivity index (χ4n) is 2.16. The van der Waals surface area contributed by atoms with Gasteiger partial charge < -0.3 is 5.32 Å². The number of hydrogen-bond donors (Lipinski definition) is 1. The lowest BCUT2D eigenvalue weighted by Gasteiger charge is -2.19. The van der Waals surface area contributed by atoms with E-state index in [4.69, 9.17) is 0 Å². The summed E-state index contributed by atoms with van der Waals surface area (Å²) in [6.07, 6.45) is 0. The molecule has 1 nitrogen and oxygen atoms in total. The van der Waals surface area contributed by atoms with Crippen LogP contribution < -0.4 is 5.32 Å². The predicted octanol–water partition coefficient (Wildman–Crippen LogP) is 4.34. The van der Waals surface area contributed by atoms with E-state index in [1.807, 2.05) is 13.0 Å². The van der Waals surface area contributed by atoms with Crippen LogP contribution in [0, 0.1) is 18.6 Å².